The van der Waals surface area contributed by atoms with E-state index in [2.05, 4.69) is 31.9 Å². The molecule has 7 nitrogen and oxygen atoms in total. The predicted molar refractivity (Wildman–Crippen MR) is 92.7 cm³/mol. The van der Waals surface area contributed by atoms with Crippen LogP contribution in [-0.4, -0.2) is 35.6 Å². The van der Waals surface area contributed by atoms with E-state index in [4.69, 9.17) is 5.11 Å². The van der Waals surface area contributed by atoms with Gasteiger partial charge in [0.2, 0.25) is 5.91 Å². The number of hydrogen-bond donors (Lipinski definition) is 4. The summed E-state index contributed by atoms with van der Waals surface area (Å²) < 4.78 is 0.891. The molecule has 1 fully saturated rings. The summed E-state index contributed by atoms with van der Waals surface area (Å²) in [7, 11) is 0. The lowest BCUT2D eigenvalue weighted by Gasteiger charge is -2.26. The molecule has 4 N–H and O–H groups in total. The predicted octanol–water partition coefficient (Wildman–Crippen LogP) is 2.33. The molecule has 0 saturated heterocycles. The summed E-state index contributed by atoms with van der Waals surface area (Å²) in [5.41, 5.74) is 0.307. The molecule has 130 valence electrons. The Bertz CT molecular complexity index is 629. The first-order valence-corrected chi connectivity index (χ1v) is 8.48. The molecule has 24 heavy (non-hydrogen) atoms. The van der Waals surface area contributed by atoms with E-state index in [1.54, 1.807) is 24.3 Å². The molecule has 1 aromatic carbocycles. The molecule has 2 rings (SSSR count). The second-order valence-corrected chi connectivity index (χ2v) is 6.78. The van der Waals surface area contributed by atoms with Crippen LogP contribution in [0, 0.1) is 5.41 Å². The molecule has 1 atom stereocenters. The molecule has 1 saturated carbocycles. The van der Waals surface area contributed by atoms with Crippen molar-refractivity contribution in [1.82, 2.24) is 10.6 Å². The molecule has 8 heteroatoms. The van der Waals surface area contributed by atoms with E-state index in [1.165, 1.54) is 0 Å². The van der Waals surface area contributed by atoms with Crippen LogP contribution in [0.25, 0.3) is 0 Å². The smallest absolute Gasteiger partial charge is 0.322 e. The van der Waals surface area contributed by atoms with Crippen LogP contribution in [-0.2, 0) is 9.59 Å². The molecule has 3 amide bonds. The molecular weight excluding hydrogens is 378 g/mol. The molecule has 0 heterocycles. The van der Waals surface area contributed by atoms with Gasteiger partial charge in [-0.2, -0.15) is 0 Å². The first-order chi connectivity index (χ1) is 11.4. The first-order valence-electron chi connectivity index (χ1n) is 7.69. The lowest BCUT2D eigenvalue weighted by Crippen LogP contribution is -2.53. The molecule has 1 aromatic rings. The third-order valence-electron chi connectivity index (χ3n) is 4.26. The number of carboxylic acid groups (broad SMARTS) is 1. The fourth-order valence-corrected chi connectivity index (χ4v) is 2.86. The Morgan fingerprint density at radius 2 is 1.88 bits per heavy atom. The van der Waals surface area contributed by atoms with Gasteiger partial charge in [0.05, 0.1) is 0 Å². The van der Waals surface area contributed by atoms with Crippen LogP contribution in [0.1, 0.15) is 26.2 Å². The van der Waals surface area contributed by atoms with Crippen LogP contribution >= 0.6 is 15.9 Å². The summed E-state index contributed by atoms with van der Waals surface area (Å²) in [6.07, 6.45) is 2.39. The van der Waals surface area contributed by atoms with Gasteiger partial charge in [-0.05, 0) is 48.9 Å². The molecule has 0 aromatic heterocycles. The van der Waals surface area contributed by atoms with E-state index >= 15 is 0 Å². The minimum absolute atomic E-state index is 0.292. The number of carbonyl (C=O) groups is 3. The first kappa shape index (κ1) is 18.3. The Morgan fingerprint density at radius 3 is 2.38 bits per heavy atom. The molecule has 0 radical (unpaired) electrons. The normalized spacial score (nSPS) is 15.9. The minimum Gasteiger partial charge on any atom is -0.480 e. The van der Waals surface area contributed by atoms with Gasteiger partial charge in [0.1, 0.15) is 12.6 Å². The van der Waals surface area contributed by atoms with Crippen LogP contribution in [0.15, 0.2) is 28.7 Å². The van der Waals surface area contributed by atoms with Crippen LogP contribution in [0.4, 0.5) is 10.5 Å². The lowest BCUT2D eigenvalue weighted by molar-refractivity contribution is -0.138. The summed E-state index contributed by atoms with van der Waals surface area (Å²) in [5, 5.41) is 16.4. The number of benzene rings is 1. The number of carbonyl (C=O) groups excluding carboxylic acids is 2. The van der Waals surface area contributed by atoms with Crippen molar-refractivity contribution in [3.05, 3.63) is 28.7 Å². The van der Waals surface area contributed by atoms with Gasteiger partial charge in [0.25, 0.3) is 0 Å². The Balaban J connectivity index is 2.02. The van der Waals surface area contributed by atoms with Crippen molar-refractivity contribution in [3.63, 3.8) is 0 Å². The van der Waals surface area contributed by atoms with Gasteiger partial charge in [0.15, 0.2) is 0 Å². The summed E-state index contributed by atoms with van der Waals surface area (Å²) in [6, 6.07) is 5.80. The average Bonchev–Trinajstić information content (AvgIpc) is 3.33. The van der Waals surface area contributed by atoms with Gasteiger partial charge in [-0.3, -0.25) is 9.59 Å². The van der Waals surface area contributed by atoms with E-state index in [0.717, 1.165) is 23.7 Å². The van der Waals surface area contributed by atoms with Crippen molar-refractivity contribution >= 4 is 39.5 Å². The largest absolute Gasteiger partial charge is 0.480 e. The Labute approximate surface area is 148 Å². The van der Waals surface area contributed by atoms with Crippen molar-refractivity contribution in [3.8, 4) is 0 Å². The summed E-state index contributed by atoms with van der Waals surface area (Å²) in [5.74, 6) is -1.59. The van der Waals surface area contributed by atoms with Gasteiger partial charge in [-0.15, -0.1) is 0 Å². The standard InChI is InChI=1S/C16H20BrN3O4/c1-2-16(7-8-16)13(14(23)18-9-12(21)22)20-15(24)19-11-5-3-10(17)4-6-11/h3-6,13H,2,7-9H2,1H3,(H,18,23)(H,21,22)(H2,19,20,24)/t13-/m0/s1. The van der Waals surface area contributed by atoms with Crippen molar-refractivity contribution in [2.75, 3.05) is 11.9 Å². The number of amides is 3. The second kappa shape index (κ2) is 7.65. The van der Waals surface area contributed by atoms with Crippen molar-refractivity contribution in [2.45, 2.75) is 32.2 Å². The molecule has 1 aliphatic carbocycles. The quantitative estimate of drug-likeness (QED) is 0.566. The monoisotopic (exact) mass is 397 g/mol. The highest BCUT2D eigenvalue weighted by Crippen LogP contribution is 2.51. The van der Waals surface area contributed by atoms with Crippen LogP contribution in [0.2, 0.25) is 0 Å². The van der Waals surface area contributed by atoms with Gasteiger partial charge < -0.3 is 21.1 Å². The number of hydrogen-bond acceptors (Lipinski definition) is 3. The number of urea groups is 1. The zero-order chi connectivity index (χ0) is 17.7. The Kier molecular flexibility index (Phi) is 5.82. The number of nitrogens with one attached hydrogen (secondary N) is 3. The third kappa shape index (κ3) is 4.70. The zero-order valence-electron chi connectivity index (χ0n) is 13.3. The highest BCUT2D eigenvalue weighted by atomic mass is 79.9. The van der Waals surface area contributed by atoms with Gasteiger partial charge in [-0.25, -0.2) is 4.79 Å². The molecule has 1 aliphatic rings. The zero-order valence-corrected chi connectivity index (χ0v) is 14.9. The topological polar surface area (TPSA) is 108 Å². The van der Waals surface area contributed by atoms with Crippen LogP contribution < -0.4 is 16.0 Å². The molecule has 0 bridgehead atoms. The number of halogens is 1. The molecule has 0 unspecified atom stereocenters. The van der Waals surface area contributed by atoms with E-state index in [9.17, 15) is 14.4 Å². The van der Waals surface area contributed by atoms with E-state index in [0.29, 0.717) is 5.69 Å². The summed E-state index contributed by atoms with van der Waals surface area (Å²) in [4.78, 5) is 35.1. The number of anilines is 1. The van der Waals surface area contributed by atoms with Gasteiger partial charge in [0, 0.05) is 10.2 Å². The second-order valence-electron chi connectivity index (χ2n) is 5.87. The van der Waals surface area contributed by atoms with E-state index < -0.39 is 30.5 Å². The summed E-state index contributed by atoms with van der Waals surface area (Å²) >= 11 is 3.31. The highest BCUT2D eigenvalue weighted by molar-refractivity contribution is 9.10. The van der Waals surface area contributed by atoms with Crippen molar-refractivity contribution in [2.24, 2.45) is 5.41 Å². The van der Waals surface area contributed by atoms with Crippen molar-refractivity contribution in [1.29, 1.82) is 0 Å². The number of rotatable bonds is 7. The number of carboxylic acids is 1. The van der Waals surface area contributed by atoms with Crippen molar-refractivity contribution < 1.29 is 19.5 Å². The van der Waals surface area contributed by atoms with Crippen LogP contribution in [0.3, 0.4) is 0 Å². The average molecular weight is 398 g/mol. The Morgan fingerprint density at radius 1 is 1.25 bits per heavy atom. The lowest BCUT2D eigenvalue weighted by atomic mass is 9.92. The maximum Gasteiger partial charge on any atom is 0.322 e. The van der Waals surface area contributed by atoms with Gasteiger partial charge in [-0.1, -0.05) is 22.9 Å². The third-order valence-corrected chi connectivity index (χ3v) is 4.79. The Hall–Kier alpha value is -2.09. The van der Waals surface area contributed by atoms with Crippen LogP contribution in [0.5, 0.6) is 0 Å². The fourth-order valence-electron chi connectivity index (χ4n) is 2.60. The van der Waals surface area contributed by atoms with E-state index in [-0.39, 0.29) is 5.41 Å². The molecule has 0 spiro atoms. The maximum absolute atomic E-state index is 12.3. The fraction of sp³-hybridized carbons (Fsp3) is 0.438. The van der Waals surface area contributed by atoms with Gasteiger partial charge >= 0.3 is 12.0 Å². The SMILES string of the molecule is CCC1([C@@H](NC(=O)Nc2ccc(Br)cc2)C(=O)NCC(=O)O)CC1. The maximum atomic E-state index is 12.3. The van der Waals surface area contributed by atoms with E-state index in [1.807, 2.05) is 6.92 Å². The molecular formula is C16H20BrN3O4. The molecule has 0 aliphatic heterocycles. The highest BCUT2D eigenvalue weighted by Gasteiger charge is 2.51. The summed E-state index contributed by atoms with van der Waals surface area (Å²) in [6.45, 7) is 1.49. The number of aliphatic carboxylic acids is 1. The minimum atomic E-state index is -1.12.